The molecule has 30 heavy (non-hydrogen) atoms. The fourth-order valence-electron chi connectivity index (χ4n) is 3.06. The molecule has 0 fully saturated rings. The van der Waals surface area contributed by atoms with Crippen molar-refractivity contribution in [3.8, 4) is 0 Å². The van der Waals surface area contributed by atoms with Crippen LogP contribution in [0.15, 0.2) is 70.9 Å². The summed E-state index contributed by atoms with van der Waals surface area (Å²) in [5.74, 6) is 2.06. The van der Waals surface area contributed by atoms with Gasteiger partial charge in [-0.25, -0.2) is 0 Å². The van der Waals surface area contributed by atoms with Crippen LogP contribution in [0.1, 0.15) is 74.7 Å². The highest BCUT2D eigenvalue weighted by molar-refractivity contribution is 5.48. The minimum Gasteiger partial charge on any atom is -0.465 e. The lowest BCUT2D eigenvalue weighted by atomic mass is 10.0. The Morgan fingerprint density at radius 1 is 1.03 bits per heavy atom. The lowest BCUT2D eigenvalue weighted by Gasteiger charge is -2.19. The zero-order valence-corrected chi connectivity index (χ0v) is 20.7. The van der Waals surface area contributed by atoms with Crippen molar-refractivity contribution in [2.45, 2.75) is 74.7 Å². The van der Waals surface area contributed by atoms with Crippen molar-refractivity contribution in [1.82, 2.24) is 5.32 Å². The fourth-order valence-corrected chi connectivity index (χ4v) is 3.06. The Kier molecular flexibility index (Phi) is 15.6. The van der Waals surface area contributed by atoms with Gasteiger partial charge in [0.15, 0.2) is 0 Å². The number of hydrogen-bond acceptors (Lipinski definition) is 3. The van der Waals surface area contributed by atoms with Gasteiger partial charge in [-0.1, -0.05) is 70.1 Å². The molecule has 0 spiro atoms. The molecule has 0 amide bonds. The van der Waals surface area contributed by atoms with Crippen LogP contribution >= 0.6 is 0 Å². The van der Waals surface area contributed by atoms with Crippen LogP contribution in [0.3, 0.4) is 0 Å². The monoisotopic (exact) mass is 415 g/mol. The lowest BCUT2D eigenvalue weighted by molar-refractivity contribution is 0.132. The average Bonchev–Trinajstić information content (AvgIpc) is 2.66. The van der Waals surface area contributed by atoms with Gasteiger partial charge in [0, 0.05) is 13.2 Å². The highest BCUT2D eigenvalue weighted by Gasteiger charge is 2.10. The number of unbranched alkanes of at least 4 members (excludes halogenated alkanes) is 2. The van der Waals surface area contributed by atoms with E-state index in [0.717, 1.165) is 47.9 Å². The van der Waals surface area contributed by atoms with Crippen LogP contribution in [0.4, 0.5) is 0 Å². The molecule has 1 N–H and O–H groups in total. The van der Waals surface area contributed by atoms with Crippen molar-refractivity contribution in [2.24, 2.45) is 5.92 Å². The van der Waals surface area contributed by atoms with Gasteiger partial charge in [-0.3, -0.25) is 0 Å². The van der Waals surface area contributed by atoms with E-state index in [4.69, 9.17) is 9.47 Å². The van der Waals surface area contributed by atoms with Gasteiger partial charge in [0.25, 0.3) is 0 Å². The van der Waals surface area contributed by atoms with Crippen LogP contribution in [0, 0.1) is 5.92 Å². The maximum atomic E-state index is 6.13. The van der Waals surface area contributed by atoms with E-state index >= 15 is 0 Å². The average molecular weight is 416 g/mol. The van der Waals surface area contributed by atoms with Crippen LogP contribution in [-0.2, 0) is 9.47 Å². The summed E-state index contributed by atoms with van der Waals surface area (Å²) in [5.41, 5.74) is 4.40. The number of hydrogen-bond donors (Lipinski definition) is 1. The first-order valence-corrected chi connectivity index (χ1v) is 11.3. The predicted molar refractivity (Wildman–Crippen MR) is 132 cm³/mol. The summed E-state index contributed by atoms with van der Waals surface area (Å²) in [7, 11) is 0. The third-order valence-electron chi connectivity index (χ3n) is 4.55. The summed E-state index contributed by atoms with van der Waals surface area (Å²) < 4.78 is 11.8. The summed E-state index contributed by atoms with van der Waals surface area (Å²) in [6.45, 7) is 23.3. The van der Waals surface area contributed by atoms with Gasteiger partial charge in [-0.05, 0) is 64.2 Å². The molecule has 0 aliphatic heterocycles. The van der Waals surface area contributed by atoms with E-state index in [1.54, 1.807) is 0 Å². The van der Waals surface area contributed by atoms with E-state index in [2.05, 4.69) is 52.6 Å². The van der Waals surface area contributed by atoms with E-state index in [1.165, 1.54) is 18.4 Å². The number of rotatable bonds is 15. The molecule has 0 aliphatic carbocycles. The van der Waals surface area contributed by atoms with Crippen molar-refractivity contribution in [3.63, 3.8) is 0 Å². The van der Waals surface area contributed by atoms with Crippen LogP contribution in [0.2, 0.25) is 0 Å². The number of nitrogens with one attached hydrogen (secondary N) is 1. The van der Waals surface area contributed by atoms with Crippen LogP contribution in [0.25, 0.3) is 0 Å². The molecule has 0 saturated heterocycles. The zero-order valence-electron chi connectivity index (χ0n) is 20.7. The zero-order chi connectivity index (χ0) is 22.9. The molecule has 0 heterocycles. The number of allylic oxidation sites excluding steroid dienone is 11. The molecular formula is C27H45NO2. The van der Waals surface area contributed by atoms with Crippen molar-refractivity contribution in [1.29, 1.82) is 0 Å². The quantitative estimate of drug-likeness (QED) is 0.169. The summed E-state index contributed by atoms with van der Waals surface area (Å²) >= 11 is 0. The second-order valence-corrected chi connectivity index (χ2v) is 8.05. The minimum absolute atomic E-state index is 0.346. The van der Waals surface area contributed by atoms with Gasteiger partial charge >= 0.3 is 0 Å². The maximum absolute atomic E-state index is 6.13. The summed E-state index contributed by atoms with van der Waals surface area (Å²) in [5, 5.41) is 3.50. The third kappa shape index (κ3) is 12.5. The van der Waals surface area contributed by atoms with Gasteiger partial charge in [0.05, 0.1) is 12.3 Å². The lowest BCUT2D eigenvalue weighted by Crippen LogP contribution is -2.24. The molecule has 0 saturated carbocycles. The molecule has 0 aromatic heterocycles. The smallest absolute Gasteiger partial charge is 0.120 e. The molecule has 0 aromatic carbocycles. The van der Waals surface area contributed by atoms with E-state index in [0.29, 0.717) is 12.5 Å². The van der Waals surface area contributed by atoms with E-state index in [9.17, 15) is 0 Å². The Labute approximate surface area is 186 Å². The largest absolute Gasteiger partial charge is 0.465 e. The SMILES string of the molecule is C=C(/C=C(/C)O/C(C)=C(/NCCOCCCCC)C(C)C)C(/C=C\C=C/C)=C(C)C. The highest BCUT2D eigenvalue weighted by Crippen LogP contribution is 2.21. The minimum atomic E-state index is 0.346. The molecular weight excluding hydrogens is 370 g/mol. The van der Waals surface area contributed by atoms with Crippen molar-refractivity contribution in [2.75, 3.05) is 19.8 Å². The summed E-state index contributed by atoms with van der Waals surface area (Å²) in [6.07, 6.45) is 13.7. The first-order chi connectivity index (χ1) is 14.2. The molecule has 0 atom stereocenters. The Morgan fingerprint density at radius 3 is 2.30 bits per heavy atom. The van der Waals surface area contributed by atoms with E-state index < -0.39 is 0 Å². The van der Waals surface area contributed by atoms with Gasteiger partial charge in [-0.15, -0.1) is 0 Å². The van der Waals surface area contributed by atoms with Crippen molar-refractivity contribution >= 4 is 0 Å². The Morgan fingerprint density at radius 2 is 1.73 bits per heavy atom. The van der Waals surface area contributed by atoms with Gasteiger partial charge in [0.1, 0.15) is 11.5 Å². The van der Waals surface area contributed by atoms with E-state index in [1.807, 2.05) is 45.1 Å². The second-order valence-electron chi connectivity index (χ2n) is 8.05. The van der Waals surface area contributed by atoms with Crippen LogP contribution < -0.4 is 5.32 Å². The van der Waals surface area contributed by atoms with Crippen molar-refractivity contribution < 1.29 is 9.47 Å². The molecule has 3 heteroatoms. The third-order valence-corrected chi connectivity index (χ3v) is 4.55. The van der Waals surface area contributed by atoms with Crippen LogP contribution in [-0.4, -0.2) is 19.8 Å². The Bertz CT molecular complexity index is 656. The fraction of sp³-hybridized carbons (Fsp3) is 0.556. The molecule has 0 rings (SSSR count). The predicted octanol–water partition coefficient (Wildman–Crippen LogP) is 7.62. The molecule has 0 unspecified atom stereocenters. The first kappa shape index (κ1) is 28.0. The summed E-state index contributed by atoms with van der Waals surface area (Å²) in [6, 6.07) is 0. The van der Waals surface area contributed by atoms with E-state index in [-0.39, 0.29) is 0 Å². The Hall–Kier alpha value is -2.00. The van der Waals surface area contributed by atoms with Crippen molar-refractivity contribution in [3.05, 3.63) is 70.9 Å². The standard InChI is InChI=1S/C27H45NO2/c1-10-12-14-16-26(21(3)4)23(7)20-24(8)30-25(9)27(22(5)6)28-17-19-29-18-15-13-11-2/h10,12,14,16,20,22,28H,7,11,13,15,17-19H2,1-6,8-9H3/b12-10-,16-14-,24-20-,27-25+. The molecule has 3 nitrogen and oxygen atoms in total. The summed E-state index contributed by atoms with van der Waals surface area (Å²) in [4.78, 5) is 0. The first-order valence-electron chi connectivity index (χ1n) is 11.3. The topological polar surface area (TPSA) is 30.5 Å². The normalized spacial score (nSPS) is 13.2. The highest BCUT2D eigenvalue weighted by atomic mass is 16.5. The molecule has 0 radical (unpaired) electrons. The number of ether oxygens (including phenoxy) is 2. The van der Waals surface area contributed by atoms with Gasteiger partial charge < -0.3 is 14.8 Å². The van der Waals surface area contributed by atoms with Gasteiger partial charge in [-0.2, -0.15) is 0 Å². The molecule has 170 valence electrons. The molecule has 0 aliphatic rings. The van der Waals surface area contributed by atoms with Gasteiger partial charge in [0.2, 0.25) is 0 Å². The maximum Gasteiger partial charge on any atom is 0.120 e. The Balaban J connectivity index is 5.02. The molecule has 0 aromatic rings. The molecule has 0 bridgehead atoms. The second kappa shape index (κ2) is 16.8. The van der Waals surface area contributed by atoms with Crippen LogP contribution in [0.5, 0.6) is 0 Å².